The van der Waals surface area contributed by atoms with E-state index in [0.29, 0.717) is 0 Å². The Hall–Kier alpha value is -1.74. The Morgan fingerprint density at radius 2 is 2.00 bits per heavy atom. The lowest BCUT2D eigenvalue weighted by Crippen LogP contribution is -2.18. The summed E-state index contributed by atoms with van der Waals surface area (Å²) in [5.41, 5.74) is 8.25. The zero-order chi connectivity index (χ0) is 11.4. The SMILES string of the molecule is CC(c1ccccn1)C(N)c1cccnc1. The average Bonchev–Trinajstić information content (AvgIpc) is 2.39. The monoisotopic (exact) mass is 213 g/mol. The van der Waals surface area contributed by atoms with E-state index in [1.54, 1.807) is 12.4 Å². The number of nitrogens with zero attached hydrogens (tertiary/aromatic N) is 2. The molecule has 3 heteroatoms. The van der Waals surface area contributed by atoms with Crippen molar-refractivity contribution in [1.82, 2.24) is 9.97 Å². The lowest BCUT2D eigenvalue weighted by atomic mass is 9.93. The minimum absolute atomic E-state index is 0.0661. The molecule has 0 spiro atoms. The molecule has 0 aliphatic heterocycles. The van der Waals surface area contributed by atoms with E-state index in [9.17, 15) is 0 Å². The third-order valence-corrected chi connectivity index (χ3v) is 2.76. The van der Waals surface area contributed by atoms with Crippen LogP contribution in [0.5, 0.6) is 0 Å². The van der Waals surface area contributed by atoms with Gasteiger partial charge in [-0.2, -0.15) is 0 Å². The highest BCUT2D eigenvalue weighted by Crippen LogP contribution is 2.26. The first-order valence-electron chi connectivity index (χ1n) is 5.35. The summed E-state index contributed by atoms with van der Waals surface area (Å²) >= 11 is 0. The fraction of sp³-hybridized carbons (Fsp3) is 0.231. The summed E-state index contributed by atoms with van der Waals surface area (Å²) in [4.78, 5) is 8.41. The van der Waals surface area contributed by atoms with Crippen molar-refractivity contribution in [2.24, 2.45) is 5.73 Å². The lowest BCUT2D eigenvalue weighted by Gasteiger charge is -2.19. The van der Waals surface area contributed by atoms with Gasteiger partial charge in [-0.05, 0) is 23.8 Å². The van der Waals surface area contributed by atoms with Crippen molar-refractivity contribution in [1.29, 1.82) is 0 Å². The summed E-state index contributed by atoms with van der Waals surface area (Å²) in [6.45, 7) is 2.08. The molecule has 2 aromatic rings. The van der Waals surface area contributed by atoms with Crippen molar-refractivity contribution in [3.63, 3.8) is 0 Å². The van der Waals surface area contributed by atoms with E-state index in [4.69, 9.17) is 5.73 Å². The largest absolute Gasteiger partial charge is 0.323 e. The molecule has 0 bridgehead atoms. The van der Waals surface area contributed by atoms with E-state index >= 15 is 0 Å². The van der Waals surface area contributed by atoms with E-state index in [0.717, 1.165) is 11.3 Å². The van der Waals surface area contributed by atoms with Crippen LogP contribution < -0.4 is 5.73 Å². The molecule has 82 valence electrons. The van der Waals surface area contributed by atoms with Crippen LogP contribution in [0.4, 0.5) is 0 Å². The van der Waals surface area contributed by atoms with Crippen LogP contribution in [0.1, 0.15) is 30.1 Å². The molecular formula is C13H15N3. The van der Waals surface area contributed by atoms with E-state index in [2.05, 4.69) is 16.9 Å². The third-order valence-electron chi connectivity index (χ3n) is 2.76. The zero-order valence-electron chi connectivity index (χ0n) is 9.25. The number of aromatic nitrogens is 2. The third kappa shape index (κ3) is 2.25. The number of hydrogen-bond acceptors (Lipinski definition) is 3. The Morgan fingerprint density at radius 1 is 1.12 bits per heavy atom. The molecule has 0 fully saturated rings. The van der Waals surface area contributed by atoms with Crippen LogP contribution in [0, 0.1) is 0 Å². The van der Waals surface area contributed by atoms with Crippen LogP contribution in [0.15, 0.2) is 48.9 Å². The predicted octanol–water partition coefficient (Wildman–Crippen LogP) is 2.28. The van der Waals surface area contributed by atoms with Crippen LogP contribution >= 0.6 is 0 Å². The summed E-state index contributed by atoms with van der Waals surface area (Å²) in [6.07, 6.45) is 5.35. The van der Waals surface area contributed by atoms with Crippen molar-refractivity contribution < 1.29 is 0 Å². The van der Waals surface area contributed by atoms with Gasteiger partial charge in [-0.25, -0.2) is 0 Å². The van der Waals surface area contributed by atoms with Gasteiger partial charge in [-0.3, -0.25) is 9.97 Å². The molecule has 16 heavy (non-hydrogen) atoms. The topological polar surface area (TPSA) is 51.8 Å². The molecule has 0 radical (unpaired) electrons. The van der Waals surface area contributed by atoms with Gasteiger partial charge < -0.3 is 5.73 Å². The van der Waals surface area contributed by atoms with Crippen LogP contribution in [0.2, 0.25) is 0 Å². The fourth-order valence-corrected chi connectivity index (χ4v) is 1.69. The number of rotatable bonds is 3. The van der Waals surface area contributed by atoms with Crippen molar-refractivity contribution in [3.8, 4) is 0 Å². The Balaban J connectivity index is 2.20. The van der Waals surface area contributed by atoms with Crippen LogP contribution in [0.3, 0.4) is 0 Å². The van der Waals surface area contributed by atoms with Gasteiger partial charge in [0.25, 0.3) is 0 Å². The van der Waals surface area contributed by atoms with Gasteiger partial charge in [0, 0.05) is 36.2 Å². The first-order chi connectivity index (χ1) is 7.79. The standard InChI is InChI=1S/C13H15N3/c1-10(12-6-2-3-8-16-12)13(14)11-5-4-7-15-9-11/h2-10,13H,14H2,1H3. The quantitative estimate of drug-likeness (QED) is 0.851. The second-order valence-electron chi connectivity index (χ2n) is 3.86. The van der Waals surface area contributed by atoms with Gasteiger partial charge in [0.05, 0.1) is 0 Å². The van der Waals surface area contributed by atoms with Crippen molar-refractivity contribution in [3.05, 3.63) is 60.2 Å². The van der Waals surface area contributed by atoms with Crippen molar-refractivity contribution in [2.75, 3.05) is 0 Å². The predicted molar refractivity (Wildman–Crippen MR) is 63.8 cm³/mol. The molecule has 2 unspecified atom stereocenters. The normalized spacial score (nSPS) is 14.4. The van der Waals surface area contributed by atoms with Gasteiger partial charge in [-0.1, -0.05) is 19.1 Å². The van der Waals surface area contributed by atoms with Crippen molar-refractivity contribution >= 4 is 0 Å². The maximum atomic E-state index is 6.19. The van der Waals surface area contributed by atoms with E-state index < -0.39 is 0 Å². The summed E-state index contributed by atoms with van der Waals surface area (Å²) in [6, 6.07) is 9.72. The molecule has 0 amide bonds. The molecule has 2 aromatic heterocycles. The molecule has 0 saturated carbocycles. The number of pyridine rings is 2. The molecule has 2 N–H and O–H groups in total. The summed E-state index contributed by atoms with van der Waals surface area (Å²) < 4.78 is 0. The van der Waals surface area contributed by atoms with Gasteiger partial charge in [0.2, 0.25) is 0 Å². The molecule has 0 saturated heterocycles. The minimum atomic E-state index is -0.0661. The molecule has 0 aliphatic rings. The van der Waals surface area contributed by atoms with Gasteiger partial charge in [0.15, 0.2) is 0 Å². The molecule has 3 nitrogen and oxygen atoms in total. The van der Waals surface area contributed by atoms with E-state index in [-0.39, 0.29) is 12.0 Å². The van der Waals surface area contributed by atoms with Crippen LogP contribution in [0.25, 0.3) is 0 Å². The second kappa shape index (κ2) is 4.86. The van der Waals surface area contributed by atoms with Crippen LogP contribution in [-0.2, 0) is 0 Å². The highest BCUT2D eigenvalue weighted by Gasteiger charge is 2.17. The lowest BCUT2D eigenvalue weighted by molar-refractivity contribution is 0.582. The Bertz CT molecular complexity index is 384. The molecule has 2 rings (SSSR count). The molecule has 2 heterocycles. The van der Waals surface area contributed by atoms with E-state index in [1.807, 2.05) is 36.5 Å². The highest BCUT2D eigenvalue weighted by atomic mass is 14.7. The number of hydrogen-bond donors (Lipinski definition) is 1. The highest BCUT2D eigenvalue weighted by molar-refractivity contribution is 5.20. The maximum absolute atomic E-state index is 6.19. The summed E-state index contributed by atoms with van der Waals surface area (Å²) in [7, 11) is 0. The Morgan fingerprint density at radius 3 is 2.62 bits per heavy atom. The van der Waals surface area contributed by atoms with Gasteiger partial charge in [0.1, 0.15) is 0 Å². The second-order valence-corrected chi connectivity index (χ2v) is 3.86. The minimum Gasteiger partial charge on any atom is -0.323 e. The number of nitrogens with two attached hydrogens (primary N) is 1. The van der Waals surface area contributed by atoms with Crippen molar-refractivity contribution in [2.45, 2.75) is 18.9 Å². The first-order valence-corrected chi connectivity index (χ1v) is 5.35. The Labute approximate surface area is 95.4 Å². The average molecular weight is 213 g/mol. The zero-order valence-corrected chi connectivity index (χ0v) is 9.25. The fourth-order valence-electron chi connectivity index (χ4n) is 1.69. The molecular weight excluding hydrogens is 198 g/mol. The summed E-state index contributed by atoms with van der Waals surface area (Å²) in [5.74, 6) is 0.186. The van der Waals surface area contributed by atoms with Gasteiger partial charge >= 0.3 is 0 Å². The molecule has 0 aliphatic carbocycles. The summed E-state index contributed by atoms with van der Waals surface area (Å²) in [5, 5.41) is 0. The first kappa shape index (κ1) is 10.8. The van der Waals surface area contributed by atoms with E-state index in [1.165, 1.54) is 0 Å². The molecule has 2 atom stereocenters. The Kier molecular flexibility index (Phi) is 3.27. The smallest absolute Gasteiger partial charge is 0.0450 e. The van der Waals surface area contributed by atoms with Gasteiger partial charge in [-0.15, -0.1) is 0 Å². The molecule has 0 aromatic carbocycles. The van der Waals surface area contributed by atoms with Crippen LogP contribution in [-0.4, -0.2) is 9.97 Å². The maximum Gasteiger partial charge on any atom is 0.0450 e.